The Morgan fingerprint density at radius 1 is 0.700 bits per heavy atom. The second-order valence-corrected chi connectivity index (χ2v) is 10.5. The van der Waals surface area contributed by atoms with Gasteiger partial charge in [-0.1, -0.05) is 72.3 Å². The lowest BCUT2D eigenvalue weighted by molar-refractivity contribution is -0.115. The van der Waals surface area contributed by atoms with E-state index in [9.17, 15) is 19.5 Å². The number of nitrogens with one attached hydrogen (secondary N) is 2. The van der Waals surface area contributed by atoms with Crippen molar-refractivity contribution in [2.75, 3.05) is 10.6 Å². The van der Waals surface area contributed by atoms with Crippen molar-refractivity contribution in [2.45, 2.75) is 10.1 Å². The van der Waals surface area contributed by atoms with Crippen LogP contribution in [0.15, 0.2) is 120 Å². The van der Waals surface area contributed by atoms with Crippen LogP contribution in [0.2, 0.25) is 5.02 Å². The Morgan fingerprint density at radius 2 is 1.38 bits per heavy atom. The molecule has 1 unspecified atom stereocenters. The van der Waals surface area contributed by atoms with Gasteiger partial charge in [-0.05, 0) is 70.9 Å². The van der Waals surface area contributed by atoms with Gasteiger partial charge < -0.3 is 15.7 Å². The molecule has 0 bridgehead atoms. The largest absolute Gasteiger partial charge is 0.478 e. The Labute approximate surface area is 240 Å². The van der Waals surface area contributed by atoms with Crippen molar-refractivity contribution in [3.8, 4) is 0 Å². The molecule has 0 spiro atoms. The predicted octanol–water partition coefficient (Wildman–Crippen LogP) is 7.92. The quantitative estimate of drug-likeness (QED) is 0.166. The van der Waals surface area contributed by atoms with Gasteiger partial charge in [-0.3, -0.25) is 9.59 Å². The molecule has 5 aromatic rings. The van der Waals surface area contributed by atoms with Crippen molar-refractivity contribution in [3.63, 3.8) is 0 Å². The number of carboxylic acid groups (broad SMARTS) is 1. The average molecular weight is 567 g/mol. The molecule has 3 N–H and O–H groups in total. The van der Waals surface area contributed by atoms with Gasteiger partial charge in [0.1, 0.15) is 5.25 Å². The summed E-state index contributed by atoms with van der Waals surface area (Å²) in [5, 5.41) is 16.6. The summed E-state index contributed by atoms with van der Waals surface area (Å²) in [5.74, 6) is -1.71. The maximum Gasteiger partial charge on any atom is 0.337 e. The number of thioether (sulfide) groups is 1. The first-order valence-electron chi connectivity index (χ1n) is 12.3. The van der Waals surface area contributed by atoms with Gasteiger partial charge in [0, 0.05) is 21.8 Å². The number of anilines is 2. The monoisotopic (exact) mass is 566 g/mol. The zero-order valence-corrected chi connectivity index (χ0v) is 22.6. The average Bonchev–Trinajstić information content (AvgIpc) is 2.97. The van der Waals surface area contributed by atoms with E-state index in [-0.39, 0.29) is 22.4 Å². The molecule has 198 valence electrons. The van der Waals surface area contributed by atoms with Gasteiger partial charge in [0.2, 0.25) is 5.91 Å². The van der Waals surface area contributed by atoms with Gasteiger partial charge in [0.15, 0.2) is 0 Å². The number of hydrogen-bond donors (Lipinski definition) is 3. The second kappa shape index (κ2) is 12.1. The van der Waals surface area contributed by atoms with E-state index in [0.717, 1.165) is 21.2 Å². The van der Waals surface area contributed by atoms with Crippen molar-refractivity contribution < 1.29 is 19.5 Å². The normalized spacial score (nSPS) is 11.5. The van der Waals surface area contributed by atoms with E-state index >= 15 is 0 Å². The zero-order valence-electron chi connectivity index (χ0n) is 21.0. The highest BCUT2D eigenvalue weighted by Crippen LogP contribution is 2.37. The number of carboxylic acids is 1. The lowest BCUT2D eigenvalue weighted by Crippen LogP contribution is -2.19. The molecule has 6 nitrogen and oxygen atoms in total. The van der Waals surface area contributed by atoms with Crippen LogP contribution in [0.25, 0.3) is 10.8 Å². The summed E-state index contributed by atoms with van der Waals surface area (Å²) < 4.78 is 0. The highest BCUT2D eigenvalue weighted by atomic mass is 35.5. The van der Waals surface area contributed by atoms with Crippen LogP contribution in [0.4, 0.5) is 11.4 Å². The first kappa shape index (κ1) is 27.0. The van der Waals surface area contributed by atoms with E-state index in [2.05, 4.69) is 10.6 Å². The number of aromatic carboxylic acids is 1. The molecule has 0 radical (unpaired) electrons. The first-order valence-corrected chi connectivity index (χ1v) is 13.6. The molecular formula is C32H23ClN2O4S. The van der Waals surface area contributed by atoms with Crippen LogP contribution < -0.4 is 10.6 Å². The number of benzene rings is 5. The van der Waals surface area contributed by atoms with Crippen LogP contribution in [0, 0.1) is 0 Å². The molecule has 8 heteroatoms. The predicted molar refractivity (Wildman–Crippen MR) is 160 cm³/mol. The van der Waals surface area contributed by atoms with Crippen molar-refractivity contribution >= 4 is 63.3 Å². The molecule has 40 heavy (non-hydrogen) atoms. The Kier molecular flexibility index (Phi) is 8.15. The van der Waals surface area contributed by atoms with Crippen molar-refractivity contribution in [3.05, 3.63) is 137 Å². The summed E-state index contributed by atoms with van der Waals surface area (Å²) in [6, 6.07) is 34.3. The van der Waals surface area contributed by atoms with Crippen LogP contribution >= 0.6 is 23.4 Å². The summed E-state index contributed by atoms with van der Waals surface area (Å²) >= 11 is 7.31. The molecule has 0 heterocycles. The van der Waals surface area contributed by atoms with E-state index < -0.39 is 11.2 Å². The van der Waals surface area contributed by atoms with Crippen LogP contribution in [0.5, 0.6) is 0 Å². The van der Waals surface area contributed by atoms with Crippen molar-refractivity contribution in [1.82, 2.24) is 0 Å². The minimum atomic E-state index is -1.18. The molecule has 0 aromatic heterocycles. The summed E-state index contributed by atoms with van der Waals surface area (Å²) in [5.41, 5.74) is 2.22. The third-order valence-corrected chi connectivity index (χ3v) is 7.78. The smallest absolute Gasteiger partial charge is 0.337 e. The second-order valence-electron chi connectivity index (χ2n) is 8.94. The van der Waals surface area contributed by atoms with E-state index in [1.165, 1.54) is 23.9 Å². The minimum absolute atomic E-state index is 0.0901. The molecule has 5 rings (SSSR count). The topological polar surface area (TPSA) is 95.5 Å². The summed E-state index contributed by atoms with van der Waals surface area (Å²) in [7, 11) is 0. The highest BCUT2D eigenvalue weighted by molar-refractivity contribution is 8.00. The van der Waals surface area contributed by atoms with Crippen molar-refractivity contribution in [1.29, 1.82) is 0 Å². The van der Waals surface area contributed by atoms with E-state index in [0.29, 0.717) is 16.9 Å². The third kappa shape index (κ3) is 6.34. The highest BCUT2D eigenvalue weighted by Gasteiger charge is 2.23. The fourth-order valence-electron chi connectivity index (χ4n) is 4.16. The Bertz CT molecular complexity index is 1710. The number of carbonyl (C=O) groups excluding carboxylic acids is 2. The number of carbonyl (C=O) groups is 3. The lowest BCUT2D eigenvalue weighted by Gasteiger charge is -2.18. The van der Waals surface area contributed by atoms with E-state index in [1.54, 1.807) is 24.3 Å². The lowest BCUT2D eigenvalue weighted by atomic mass is 10.1. The van der Waals surface area contributed by atoms with Crippen LogP contribution in [-0.4, -0.2) is 22.9 Å². The maximum atomic E-state index is 13.4. The Hall–Kier alpha value is -4.59. The molecule has 0 aliphatic rings. The number of fused-ring (bicyclic) bond motifs is 1. The number of halogens is 1. The molecule has 0 aliphatic carbocycles. The zero-order chi connectivity index (χ0) is 28.1. The fourth-order valence-corrected chi connectivity index (χ4v) is 5.39. The summed E-state index contributed by atoms with van der Waals surface area (Å²) in [4.78, 5) is 38.5. The maximum absolute atomic E-state index is 13.4. The van der Waals surface area contributed by atoms with Gasteiger partial charge in [-0.15, -0.1) is 11.8 Å². The van der Waals surface area contributed by atoms with E-state index in [1.807, 2.05) is 78.9 Å². The molecule has 0 saturated heterocycles. The Balaban J connectivity index is 1.31. The first-order chi connectivity index (χ1) is 19.4. The van der Waals surface area contributed by atoms with Gasteiger partial charge in [-0.2, -0.15) is 0 Å². The molecule has 0 saturated carbocycles. The number of amides is 2. The van der Waals surface area contributed by atoms with Crippen LogP contribution in [0.3, 0.4) is 0 Å². The third-order valence-electron chi connectivity index (χ3n) is 6.18. The van der Waals surface area contributed by atoms with Gasteiger partial charge in [0.05, 0.1) is 10.6 Å². The van der Waals surface area contributed by atoms with Crippen molar-refractivity contribution in [2.24, 2.45) is 0 Å². The minimum Gasteiger partial charge on any atom is -0.478 e. The number of hydrogen-bond acceptors (Lipinski definition) is 4. The van der Waals surface area contributed by atoms with Gasteiger partial charge in [0.25, 0.3) is 5.91 Å². The van der Waals surface area contributed by atoms with Gasteiger partial charge >= 0.3 is 5.97 Å². The van der Waals surface area contributed by atoms with Crippen LogP contribution in [-0.2, 0) is 4.79 Å². The van der Waals surface area contributed by atoms with E-state index in [4.69, 9.17) is 11.6 Å². The SMILES string of the molecule is O=C(Nc1ccc(SC(C(=O)Nc2ccc(Cl)c(C(=O)O)c2)c2ccccc2)cc1)c1ccc2ccccc2c1. The molecule has 0 aliphatic heterocycles. The molecule has 2 amide bonds. The fraction of sp³-hybridized carbons (Fsp3) is 0.0312. The number of rotatable bonds is 8. The summed E-state index contributed by atoms with van der Waals surface area (Å²) in [6.45, 7) is 0. The summed E-state index contributed by atoms with van der Waals surface area (Å²) in [6.07, 6.45) is 0. The molecule has 1 atom stereocenters. The molecule has 5 aromatic carbocycles. The Morgan fingerprint density at radius 3 is 2.10 bits per heavy atom. The standard InChI is InChI=1S/C32H23ClN2O4S/c33-28-17-14-25(19-27(28)32(38)39)35-31(37)29(21-7-2-1-3-8-21)40-26-15-12-24(13-16-26)34-30(36)23-11-10-20-6-4-5-9-22(20)18-23/h1-19,29H,(H,34,36)(H,35,37)(H,38,39). The van der Waals surface area contributed by atoms with Gasteiger partial charge in [-0.25, -0.2) is 4.79 Å². The molecular weight excluding hydrogens is 544 g/mol. The van der Waals surface area contributed by atoms with Crippen LogP contribution in [0.1, 0.15) is 31.5 Å². The molecule has 0 fully saturated rings.